The van der Waals surface area contributed by atoms with Crippen LogP contribution in [0.1, 0.15) is 11.6 Å². The van der Waals surface area contributed by atoms with Crippen LogP contribution in [-0.2, 0) is 13.6 Å². The highest BCUT2D eigenvalue weighted by Gasteiger charge is 2.11. The van der Waals surface area contributed by atoms with E-state index in [9.17, 15) is 0 Å². The Morgan fingerprint density at radius 3 is 2.89 bits per heavy atom. The lowest BCUT2D eigenvalue weighted by molar-refractivity contribution is 0.714. The average molecular weight is 258 g/mol. The zero-order valence-corrected chi connectivity index (χ0v) is 10.7. The van der Waals surface area contributed by atoms with Gasteiger partial charge in [0.05, 0.1) is 18.1 Å². The summed E-state index contributed by atoms with van der Waals surface area (Å²) in [6.07, 6.45) is 5.33. The molecule has 0 aromatic carbocycles. The largest absolute Gasteiger partial charge is 0.328 e. The number of hydrogen-bond acceptors (Lipinski definition) is 6. The first-order chi connectivity index (χ1) is 9.19. The molecule has 0 spiro atoms. The van der Waals surface area contributed by atoms with E-state index in [2.05, 4.69) is 25.5 Å². The van der Waals surface area contributed by atoms with E-state index in [0.717, 1.165) is 16.9 Å². The molecule has 0 fully saturated rings. The number of rotatable bonds is 3. The van der Waals surface area contributed by atoms with Crippen LogP contribution in [0, 0.1) is 6.92 Å². The first-order valence-corrected chi connectivity index (χ1v) is 5.82. The predicted octanol–water partition coefficient (Wildman–Crippen LogP) is 0.202. The number of aryl methyl sites for hydroxylation is 2. The predicted molar refractivity (Wildman–Crippen MR) is 70.2 cm³/mol. The van der Waals surface area contributed by atoms with E-state index in [1.165, 1.54) is 0 Å². The van der Waals surface area contributed by atoms with Gasteiger partial charge in [-0.15, -0.1) is 0 Å². The van der Waals surface area contributed by atoms with Gasteiger partial charge in [0.1, 0.15) is 5.82 Å². The van der Waals surface area contributed by atoms with E-state index >= 15 is 0 Å². The number of nitrogen functional groups attached to an aromatic ring is 1. The highest BCUT2D eigenvalue weighted by molar-refractivity contribution is 5.86. The van der Waals surface area contributed by atoms with Crippen molar-refractivity contribution in [2.75, 3.05) is 5.43 Å². The minimum Gasteiger partial charge on any atom is -0.328 e. The topological polar surface area (TPSA) is 99.5 Å². The molecular formula is C11H14N8. The lowest BCUT2D eigenvalue weighted by atomic mass is 10.4. The number of hydrazine groups is 1. The number of hydrogen-bond donors (Lipinski definition) is 2. The van der Waals surface area contributed by atoms with Crippen molar-refractivity contribution in [1.82, 2.24) is 29.3 Å². The molecule has 0 aliphatic rings. The molecule has 3 heterocycles. The average Bonchev–Trinajstić information content (AvgIpc) is 2.97. The van der Waals surface area contributed by atoms with Gasteiger partial charge < -0.3 is 9.99 Å². The first kappa shape index (κ1) is 11.6. The molecule has 0 amide bonds. The lowest BCUT2D eigenvalue weighted by Crippen LogP contribution is -2.13. The molecule has 0 radical (unpaired) electrons. The van der Waals surface area contributed by atoms with Gasteiger partial charge in [-0.2, -0.15) is 5.10 Å². The first-order valence-electron chi connectivity index (χ1n) is 5.82. The van der Waals surface area contributed by atoms with E-state index in [0.29, 0.717) is 18.2 Å². The number of anilines is 1. The maximum Gasteiger partial charge on any atom is 0.163 e. The van der Waals surface area contributed by atoms with E-state index in [1.54, 1.807) is 17.1 Å². The summed E-state index contributed by atoms with van der Waals surface area (Å²) in [6, 6.07) is 0. The third-order valence-electron chi connectivity index (χ3n) is 3.01. The second-order valence-corrected chi connectivity index (χ2v) is 4.24. The number of nitrogens with two attached hydrogens (primary N) is 1. The van der Waals surface area contributed by atoms with E-state index in [-0.39, 0.29) is 0 Å². The summed E-state index contributed by atoms with van der Waals surface area (Å²) in [5.41, 5.74) is 3.33. The van der Waals surface area contributed by atoms with Gasteiger partial charge in [-0.25, -0.2) is 20.8 Å². The maximum atomic E-state index is 5.50. The van der Waals surface area contributed by atoms with Crippen molar-refractivity contribution in [3.8, 4) is 0 Å². The third kappa shape index (κ3) is 1.91. The number of imidazole rings is 1. The van der Waals surface area contributed by atoms with Gasteiger partial charge in [-0.3, -0.25) is 4.68 Å². The Kier molecular flexibility index (Phi) is 2.64. The fourth-order valence-electron chi connectivity index (χ4n) is 1.97. The molecule has 3 aromatic rings. The fraction of sp³-hybridized carbons (Fsp3) is 0.273. The molecule has 3 N–H and O–H groups in total. The molecule has 0 bridgehead atoms. The molecule has 98 valence electrons. The molecule has 3 aromatic heterocycles. The summed E-state index contributed by atoms with van der Waals surface area (Å²) in [5.74, 6) is 7.65. The number of nitrogens with zero attached hydrogens (tertiary/aromatic N) is 6. The van der Waals surface area contributed by atoms with E-state index in [1.807, 2.05) is 24.7 Å². The number of nitrogens with one attached hydrogen (secondary N) is 1. The van der Waals surface area contributed by atoms with Crippen LogP contribution in [0.5, 0.6) is 0 Å². The van der Waals surface area contributed by atoms with Crippen molar-refractivity contribution in [2.45, 2.75) is 13.5 Å². The second kappa shape index (κ2) is 4.32. The Balaban J connectivity index is 2.09. The van der Waals surface area contributed by atoms with Crippen LogP contribution in [0.2, 0.25) is 0 Å². The number of aromatic nitrogens is 6. The van der Waals surface area contributed by atoms with Crippen molar-refractivity contribution in [3.63, 3.8) is 0 Å². The molecule has 0 atom stereocenters. The standard InChI is InChI=1S/C11H14N8/c1-7-13-3-4-19(7)6-9-15-10(17-12)8-5-14-18(2)11(8)16-9/h3-5H,6,12H2,1-2H3,(H,15,16,17). The molecule has 0 unspecified atom stereocenters. The zero-order valence-electron chi connectivity index (χ0n) is 10.7. The van der Waals surface area contributed by atoms with Crippen molar-refractivity contribution in [3.05, 3.63) is 30.2 Å². The summed E-state index contributed by atoms with van der Waals surface area (Å²) in [6.45, 7) is 2.48. The number of fused-ring (bicyclic) bond motifs is 1. The van der Waals surface area contributed by atoms with Gasteiger partial charge in [-0.1, -0.05) is 0 Å². The van der Waals surface area contributed by atoms with Crippen LogP contribution in [0.25, 0.3) is 11.0 Å². The SMILES string of the molecule is Cc1nccn1Cc1nc(NN)c2cnn(C)c2n1. The Morgan fingerprint density at radius 1 is 1.37 bits per heavy atom. The van der Waals surface area contributed by atoms with Gasteiger partial charge in [0.25, 0.3) is 0 Å². The molecule has 0 saturated carbocycles. The van der Waals surface area contributed by atoms with Crippen molar-refractivity contribution >= 4 is 16.9 Å². The molecule has 0 saturated heterocycles. The normalized spacial score (nSPS) is 11.1. The van der Waals surface area contributed by atoms with E-state index in [4.69, 9.17) is 5.84 Å². The minimum absolute atomic E-state index is 0.543. The third-order valence-corrected chi connectivity index (χ3v) is 3.01. The summed E-state index contributed by atoms with van der Waals surface area (Å²) < 4.78 is 3.67. The maximum absolute atomic E-state index is 5.50. The quantitative estimate of drug-likeness (QED) is 0.514. The van der Waals surface area contributed by atoms with Gasteiger partial charge in [-0.05, 0) is 6.92 Å². The Morgan fingerprint density at radius 2 is 2.21 bits per heavy atom. The van der Waals surface area contributed by atoms with Crippen LogP contribution >= 0.6 is 0 Å². The second-order valence-electron chi connectivity index (χ2n) is 4.24. The molecule has 8 heteroatoms. The minimum atomic E-state index is 0.543. The van der Waals surface area contributed by atoms with Crippen molar-refractivity contribution in [2.24, 2.45) is 12.9 Å². The Bertz CT molecular complexity index is 725. The monoisotopic (exact) mass is 258 g/mol. The van der Waals surface area contributed by atoms with Crippen LogP contribution in [0.15, 0.2) is 18.6 Å². The Labute approximate surface area is 109 Å². The van der Waals surface area contributed by atoms with Crippen molar-refractivity contribution in [1.29, 1.82) is 0 Å². The van der Waals surface area contributed by atoms with Gasteiger partial charge in [0, 0.05) is 19.4 Å². The molecule has 19 heavy (non-hydrogen) atoms. The van der Waals surface area contributed by atoms with Crippen LogP contribution in [-0.4, -0.2) is 29.3 Å². The fourth-order valence-corrected chi connectivity index (χ4v) is 1.97. The smallest absolute Gasteiger partial charge is 0.163 e. The van der Waals surface area contributed by atoms with Gasteiger partial charge in [0.15, 0.2) is 17.3 Å². The van der Waals surface area contributed by atoms with Crippen LogP contribution in [0.3, 0.4) is 0 Å². The molecular weight excluding hydrogens is 244 g/mol. The summed E-state index contributed by atoms with van der Waals surface area (Å²) in [4.78, 5) is 13.1. The molecule has 3 rings (SSSR count). The zero-order chi connectivity index (χ0) is 13.4. The molecule has 0 aliphatic heterocycles. The van der Waals surface area contributed by atoms with Crippen LogP contribution < -0.4 is 11.3 Å². The molecule has 0 aliphatic carbocycles. The Hall–Kier alpha value is -2.48. The van der Waals surface area contributed by atoms with Crippen molar-refractivity contribution < 1.29 is 0 Å². The highest BCUT2D eigenvalue weighted by atomic mass is 15.3. The lowest BCUT2D eigenvalue weighted by Gasteiger charge is -2.07. The van der Waals surface area contributed by atoms with Gasteiger partial charge in [0.2, 0.25) is 0 Å². The van der Waals surface area contributed by atoms with Gasteiger partial charge >= 0.3 is 0 Å². The molecule has 8 nitrogen and oxygen atoms in total. The highest BCUT2D eigenvalue weighted by Crippen LogP contribution is 2.18. The van der Waals surface area contributed by atoms with E-state index < -0.39 is 0 Å². The summed E-state index contributed by atoms with van der Waals surface area (Å²) in [7, 11) is 1.84. The summed E-state index contributed by atoms with van der Waals surface area (Å²) >= 11 is 0. The summed E-state index contributed by atoms with van der Waals surface area (Å²) in [5, 5.41) is 4.96. The van der Waals surface area contributed by atoms with Crippen LogP contribution in [0.4, 0.5) is 5.82 Å².